The summed E-state index contributed by atoms with van der Waals surface area (Å²) in [5, 5.41) is 6.23. The molecule has 2 aromatic carbocycles. The van der Waals surface area contributed by atoms with Crippen molar-refractivity contribution in [1.82, 2.24) is 0 Å². The average molecular weight is 332 g/mol. The normalized spacial score (nSPS) is 15.5. The molecule has 1 aliphatic carbocycles. The van der Waals surface area contributed by atoms with E-state index in [1.807, 2.05) is 54.6 Å². The lowest BCUT2D eigenvalue weighted by atomic mass is 9.98. The summed E-state index contributed by atoms with van der Waals surface area (Å²) in [6.07, 6.45) is 3.60. The van der Waals surface area contributed by atoms with Crippen LogP contribution < -0.4 is 16.4 Å². The summed E-state index contributed by atoms with van der Waals surface area (Å²) in [5.41, 5.74) is 8.26. The fraction of sp³-hybridized carbons (Fsp3) is 0.278. The molecule has 1 aliphatic rings. The summed E-state index contributed by atoms with van der Waals surface area (Å²) in [6.45, 7) is 0. The minimum atomic E-state index is -0.693. The second kappa shape index (κ2) is 7.49. The van der Waals surface area contributed by atoms with E-state index in [4.69, 9.17) is 5.73 Å². The molecule has 5 heteroatoms. The van der Waals surface area contributed by atoms with Gasteiger partial charge in [-0.3, -0.25) is 4.79 Å². The zero-order chi connectivity index (χ0) is 15.4. The maximum Gasteiger partial charge on any atom is 0.244 e. The molecule has 1 fully saturated rings. The molecular weight excluding hydrogens is 310 g/mol. The number of hydrogen-bond donors (Lipinski definition) is 3. The van der Waals surface area contributed by atoms with Crippen molar-refractivity contribution < 1.29 is 4.79 Å². The first-order chi connectivity index (χ1) is 10.7. The number of carbonyl (C=O) groups is 1. The van der Waals surface area contributed by atoms with E-state index >= 15 is 0 Å². The number of halogens is 1. The summed E-state index contributed by atoms with van der Waals surface area (Å²) in [5.74, 6) is -0.0752. The minimum Gasteiger partial charge on any atom is -0.356 e. The number of amides is 1. The summed E-state index contributed by atoms with van der Waals surface area (Å²) in [6, 6.07) is 17.6. The highest BCUT2D eigenvalue weighted by molar-refractivity contribution is 5.98. The van der Waals surface area contributed by atoms with Crippen LogP contribution in [0.2, 0.25) is 0 Å². The summed E-state index contributed by atoms with van der Waals surface area (Å²) >= 11 is 0. The lowest BCUT2D eigenvalue weighted by Crippen LogP contribution is -2.48. The molecule has 0 unspecified atom stereocenters. The molecular formula is C18H22ClN3O. The second-order valence-corrected chi connectivity index (χ2v) is 5.89. The summed E-state index contributed by atoms with van der Waals surface area (Å²) in [7, 11) is 0. The van der Waals surface area contributed by atoms with Gasteiger partial charge < -0.3 is 16.4 Å². The number of para-hydroxylation sites is 1. The Kier molecular flexibility index (Phi) is 5.64. The van der Waals surface area contributed by atoms with Crippen molar-refractivity contribution in [2.75, 3.05) is 10.6 Å². The highest BCUT2D eigenvalue weighted by Crippen LogP contribution is 2.28. The molecule has 0 aromatic heterocycles. The van der Waals surface area contributed by atoms with Gasteiger partial charge in [-0.15, -0.1) is 12.4 Å². The number of nitrogens with one attached hydrogen (secondary N) is 2. The minimum absolute atomic E-state index is 0. The fourth-order valence-corrected chi connectivity index (χ4v) is 2.81. The molecule has 1 saturated carbocycles. The molecule has 0 radical (unpaired) electrons. The third kappa shape index (κ3) is 4.24. The number of carbonyl (C=O) groups excluding carboxylic acids is 1. The Balaban J connectivity index is 0.00000192. The average Bonchev–Trinajstić information content (AvgIpc) is 2.98. The lowest BCUT2D eigenvalue weighted by Gasteiger charge is -2.22. The van der Waals surface area contributed by atoms with Gasteiger partial charge in [0.15, 0.2) is 0 Å². The van der Waals surface area contributed by atoms with E-state index in [2.05, 4.69) is 10.6 Å². The number of nitrogens with two attached hydrogens (primary N) is 1. The van der Waals surface area contributed by atoms with Gasteiger partial charge in [-0.05, 0) is 49.2 Å². The third-order valence-electron chi connectivity index (χ3n) is 4.15. The number of hydrogen-bond acceptors (Lipinski definition) is 3. The molecule has 3 rings (SSSR count). The van der Waals surface area contributed by atoms with E-state index in [1.54, 1.807) is 0 Å². The van der Waals surface area contributed by atoms with Gasteiger partial charge in [0.2, 0.25) is 5.91 Å². The van der Waals surface area contributed by atoms with Crippen LogP contribution in [0.15, 0.2) is 54.6 Å². The Morgan fingerprint density at radius 3 is 2.00 bits per heavy atom. The Bertz CT molecular complexity index is 637. The first-order valence-corrected chi connectivity index (χ1v) is 7.68. The predicted octanol–water partition coefficient (Wildman–Crippen LogP) is 4.06. The summed E-state index contributed by atoms with van der Waals surface area (Å²) < 4.78 is 0. The van der Waals surface area contributed by atoms with E-state index in [-0.39, 0.29) is 18.3 Å². The van der Waals surface area contributed by atoms with E-state index in [0.29, 0.717) is 0 Å². The molecule has 4 nitrogen and oxygen atoms in total. The topological polar surface area (TPSA) is 67.2 Å². The Morgan fingerprint density at radius 2 is 1.39 bits per heavy atom. The molecule has 23 heavy (non-hydrogen) atoms. The number of anilines is 3. The zero-order valence-corrected chi connectivity index (χ0v) is 13.7. The van der Waals surface area contributed by atoms with E-state index in [0.717, 1.165) is 42.7 Å². The van der Waals surface area contributed by atoms with Crippen LogP contribution in [0.3, 0.4) is 0 Å². The fourth-order valence-electron chi connectivity index (χ4n) is 2.81. The van der Waals surface area contributed by atoms with E-state index in [1.165, 1.54) is 0 Å². The lowest BCUT2D eigenvalue weighted by molar-refractivity contribution is -0.121. The van der Waals surface area contributed by atoms with Crippen molar-refractivity contribution >= 4 is 35.4 Å². The monoisotopic (exact) mass is 331 g/mol. The molecule has 0 heterocycles. The first kappa shape index (κ1) is 17.3. The van der Waals surface area contributed by atoms with Crippen LogP contribution in [-0.4, -0.2) is 11.4 Å². The van der Waals surface area contributed by atoms with E-state index < -0.39 is 5.54 Å². The van der Waals surface area contributed by atoms with Crippen molar-refractivity contribution in [3.63, 3.8) is 0 Å². The molecule has 0 aliphatic heterocycles. The quantitative estimate of drug-likeness (QED) is 0.791. The van der Waals surface area contributed by atoms with Crippen molar-refractivity contribution in [1.29, 1.82) is 0 Å². The van der Waals surface area contributed by atoms with Gasteiger partial charge in [-0.2, -0.15) is 0 Å². The molecule has 1 amide bonds. The standard InChI is InChI=1S/C18H21N3O.ClH/c19-18(12-4-5-13-18)17(22)21-16-10-8-15(9-11-16)20-14-6-2-1-3-7-14;/h1-3,6-11,20H,4-5,12-13,19H2,(H,21,22);1H. The van der Waals surface area contributed by atoms with Gasteiger partial charge in [-0.1, -0.05) is 31.0 Å². The van der Waals surface area contributed by atoms with Crippen LogP contribution in [-0.2, 0) is 4.79 Å². The van der Waals surface area contributed by atoms with Crippen LogP contribution in [0.25, 0.3) is 0 Å². The van der Waals surface area contributed by atoms with Gasteiger partial charge in [-0.25, -0.2) is 0 Å². The van der Waals surface area contributed by atoms with Crippen molar-refractivity contribution in [3.8, 4) is 0 Å². The second-order valence-electron chi connectivity index (χ2n) is 5.89. The van der Waals surface area contributed by atoms with Crippen LogP contribution in [0.4, 0.5) is 17.1 Å². The number of rotatable bonds is 4. The van der Waals surface area contributed by atoms with Gasteiger partial charge in [0.1, 0.15) is 0 Å². The highest BCUT2D eigenvalue weighted by Gasteiger charge is 2.36. The van der Waals surface area contributed by atoms with Gasteiger partial charge in [0.05, 0.1) is 5.54 Å². The molecule has 2 aromatic rings. The van der Waals surface area contributed by atoms with Crippen LogP contribution in [0.5, 0.6) is 0 Å². The first-order valence-electron chi connectivity index (χ1n) is 7.68. The molecule has 0 bridgehead atoms. The van der Waals surface area contributed by atoms with E-state index in [9.17, 15) is 4.79 Å². The molecule has 0 saturated heterocycles. The maximum atomic E-state index is 12.3. The largest absolute Gasteiger partial charge is 0.356 e. The van der Waals surface area contributed by atoms with Crippen LogP contribution in [0.1, 0.15) is 25.7 Å². The SMILES string of the molecule is Cl.NC1(C(=O)Nc2ccc(Nc3ccccc3)cc2)CCCC1. The maximum absolute atomic E-state index is 12.3. The molecule has 122 valence electrons. The zero-order valence-electron chi connectivity index (χ0n) is 12.9. The van der Waals surface area contributed by atoms with Crippen LogP contribution >= 0.6 is 12.4 Å². The van der Waals surface area contributed by atoms with Crippen molar-refractivity contribution in [2.24, 2.45) is 5.73 Å². The van der Waals surface area contributed by atoms with Gasteiger partial charge in [0, 0.05) is 17.1 Å². The van der Waals surface area contributed by atoms with Crippen LogP contribution in [0, 0.1) is 0 Å². The van der Waals surface area contributed by atoms with Gasteiger partial charge >= 0.3 is 0 Å². The van der Waals surface area contributed by atoms with Crippen molar-refractivity contribution in [2.45, 2.75) is 31.2 Å². The Hall–Kier alpha value is -2.04. The smallest absolute Gasteiger partial charge is 0.244 e. The van der Waals surface area contributed by atoms with Crippen molar-refractivity contribution in [3.05, 3.63) is 54.6 Å². The Morgan fingerprint density at radius 1 is 0.870 bits per heavy atom. The Labute approximate surface area is 142 Å². The van der Waals surface area contributed by atoms with Gasteiger partial charge in [0.25, 0.3) is 0 Å². The molecule has 0 spiro atoms. The molecule has 4 N–H and O–H groups in total. The molecule has 0 atom stereocenters. The number of benzene rings is 2. The third-order valence-corrected chi connectivity index (χ3v) is 4.15. The highest BCUT2D eigenvalue weighted by atomic mass is 35.5. The summed E-state index contributed by atoms with van der Waals surface area (Å²) in [4.78, 5) is 12.3. The predicted molar refractivity (Wildman–Crippen MR) is 97.4 cm³/mol.